The molecule has 0 bridgehead atoms. The maximum absolute atomic E-state index is 12.8. The van der Waals surface area contributed by atoms with Gasteiger partial charge in [-0.15, -0.1) is 0 Å². The number of hydrogen-bond acceptors (Lipinski definition) is 7. The second-order valence-corrected chi connectivity index (χ2v) is 10.1. The zero-order valence-corrected chi connectivity index (χ0v) is 20.7. The predicted octanol–water partition coefficient (Wildman–Crippen LogP) is 5.21. The van der Waals surface area contributed by atoms with Crippen molar-refractivity contribution in [2.45, 2.75) is 71.6 Å². The van der Waals surface area contributed by atoms with Crippen molar-refractivity contribution in [1.82, 2.24) is 0 Å². The lowest BCUT2D eigenvalue weighted by molar-refractivity contribution is -0.420. The Kier molecular flexibility index (Phi) is 8.02. The second kappa shape index (κ2) is 10.2. The fourth-order valence-corrected chi connectivity index (χ4v) is 3.63. The van der Waals surface area contributed by atoms with Crippen LogP contribution in [0.3, 0.4) is 0 Å². The number of carbonyl (C=O) groups is 3. The molecule has 0 unspecified atom stereocenters. The lowest BCUT2D eigenvalue weighted by atomic mass is 9.79. The third-order valence-electron chi connectivity index (χ3n) is 5.32. The molecule has 1 aromatic rings. The normalized spacial score (nSPS) is 14.0. The maximum Gasteiger partial charge on any atom is 0.513 e. The van der Waals surface area contributed by atoms with Crippen LogP contribution in [0.2, 0.25) is 0 Å². The minimum Gasteiger partial charge on any atom is -0.437 e. The fraction of sp³-hybridized carbons (Fsp3) is 0.480. The fourth-order valence-electron chi connectivity index (χ4n) is 3.63. The molecule has 34 heavy (non-hydrogen) atoms. The van der Waals surface area contributed by atoms with Crippen molar-refractivity contribution < 1.29 is 28.8 Å². The highest BCUT2D eigenvalue weighted by molar-refractivity contribution is 6.12. The molecule has 0 heterocycles. The molecule has 2 rings (SSSR count). The van der Waals surface area contributed by atoms with Gasteiger partial charge in [0.2, 0.25) is 5.91 Å². The van der Waals surface area contributed by atoms with Crippen LogP contribution in [0, 0.1) is 10.1 Å². The van der Waals surface area contributed by atoms with Gasteiger partial charge in [0.15, 0.2) is 5.78 Å². The van der Waals surface area contributed by atoms with Crippen LogP contribution in [0.1, 0.15) is 71.9 Å². The number of nitro groups is 1. The number of Topliss-reactive ketones (excluding diaryl/α,β-unsaturated/α-hetero) is 1. The van der Waals surface area contributed by atoms with Gasteiger partial charge in [-0.3, -0.25) is 19.7 Å². The standard InChI is InChI=1S/C25H32N2O7/c1-24(2,3)16-12-17(25(4,5)6)21(34-23(30)33-7)13-18(16)26-22(29)14-20(28)15-10-8-9-11-19(15)27(31)32/h10-13H,8-9,14H2,1-7H3,(H,26,29). The topological polar surface area (TPSA) is 125 Å². The minimum absolute atomic E-state index is 0.0553. The number of ketones is 1. The number of methoxy groups -OCH3 is 1. The summed E-state index contributed by atoms with van der Waals surface area (Å²) in [6.07, 6.45) is 2.40. The van der Waals surface area contributed by atoms with Gasteiger partial charge in [0.25, 0.3) is 5.70 Å². The van der Waals surface area contributed by atoms with E-state index in [0.717, 1.165) is 11.1 Å². The number of benzene rings is 1. The van der Waals surface area contributed by atoms with Crippen LogP contribution >= 0.6 is 0 Å². The van der Waals surface area contributed by atoms with Gasteiger partial charge in [0.1, 0.15) is 5.75 Å². The zero-order chi connectivity index (χ0) is 25.8. The number of nitrogens with zero attached hydrogens (tertiary/aromatic N) is 1. The van der Waals surface area contributed by atoms with Gasteiger partial charge in [0, 0.05) is 17.3 Å². The van der Waals surface area contributed by atoms with Crippen molar-refractivity contribution in [3.8, 4) is 5.75 Å². The molecule has 1 aromatic carbocycles. The molecule has 9 nitrogen and oxygen atoms in total. The molecule has 9 heteroatoms. The molecular weight excluding hydrogens is 440 g/mol. The Bertz CT molecular complexity index is 1070. The van der Waals surface area contributed by atoms with E-state index in [1.165, 1.54) is 19.3 Å². The van der Waals surface area contributed by atoms with Gasteiger partial charge in [-0.1, -0.05) is 47.6 Å². The van der Waals surface area contributed by atoms with Crippen LogP contribution in [0.4, 0.5) is 10.5 Å². The van der Waals surface area contributed by atoms with Crippen LogP contribution in [-0.2, 0) is 25.2 Å². The number of amides is 1. The summed E-state index contributed by atoms with van der Waals surface area (Å²) in [6, 6.07) is 3.41. The molecule has 1 aliphatic rings. The third kappa shape index (κ3) is 6.52. The molecular formula is C25H32N2O7. The monoisotopic (exact) mass is 472 g/mol. The van der Waals surface area contributed by atoms with Crippen molar-refractivity contribution in [2.24, 2.45) is 0 Å². The molecule has 0 saturated carbocycles. The lowest BCUT2D eigenvalue weighted by Crippen LogP contribution is -2.24. The van der Waals surface area contributed by atoms with Gasteiger partial charge in [-0.05, 0) is 41.4 Å². The molecule has 0 aliphatic heterocycles. The highest BCUT2D eigenvalue weighted by atomic mass is 16.7. The summed E-state index contributed by atoms with van der Waals surface area (Å²) in [5.41, 5.74) is 0.774. The number of nitrogens with one attached hydrogen (secondary N) is 1. The molecule has 0 aromatic heterocycles. The Balaban J connectivity index is 2.42. The van der Waals surface area contributed by atoms with Gasteiger partial charge in [-0.25, -0.2) is 4.79 Å². The summed E-state index contributed by atoms with van der Waals surface area (Å²) < 4.78 is 9.99. The number of ether oxygens (including phenoxy) is 2. The first-order valence-electron chi connectivity index (χ1n) is 11.0. The van der Waals surface area contributed by atoms with Crippen molar-refractivity contribution >= 4 is 23.5 Å². The molecule has 1 amide bonds. The van der Waals surface area contributed by atoms with Gasteiger partial charge in [0.05, 0.1) is 24.0 Å². The predicted molar refractivity (Wildman–Crippen MR) is 128 cm³/mol. The van der Waals surface area contributed by atoms with Crippen molar-refractivity contribution in [3.63, 3.8) is 0 Å². The van der Waals surface area contributed by atoms with E-state index >= 15 is 0 Å². The quantitative estimate of drug-likeness (QED) is 0.198. The van der Waals surface area contributed by atoms with Crippen LogP contribution in [0.15, 0.2) is 35.6 Å². The first kappa shape index (κ1) is 26.8. The van der Waals surface area contributed by atoms with Crippen molar-refractivity contribution in [3.05, 3.63) is 56.8 Å². The van der Waals surface area contributed by atoms with Crippen LogP contribution in [0.25, 0.3) is 0 Å². The largest absolute Gasteiger partial charge is 0.513 e. The highest BCUT2D eigenvalue weighted by Crippen LogP contribution is 2.40. The SMILES string of the molecule is COC(=O)Oc1cc(NC(=O)CC(=O)C2=CCCC=C2[N+](=O)[O-])c(C(C)(C)C)cc1C(C)(C)C. The molecule has 184 valence electrons. The molecule has 0 atom stereocenters. The Hall–Kier alpha value is -3.49. The smallest absolute Gasteiger partial charge is 0.437 e. The summed E-state index contributed by atoms with van der Waals surface area (Å²) in [7, 11) is 1.20. The van der Waals surface area contributed by atoms with Crippen LogP contribution in [0.5, 0.6) is 5.75 Å². The number of rotatable bonds is 6. The van der Waals surface area contributed by atoms with Crippen molar-refractivity contribution in [2.75, 3.05) is 12.4 Å². The molecule has 1 aliphatic carbocycles. The van der Waals surface area contributed by atoms with E-state index in [9.17, 15) is 24.5 Å². The zero-order valence-electron chi connectivity index (χ0n) is 20.7. The average Bonchev–Trinajstić information content (AvgIpc) is 2.71. The molecule has 0 saturated heterocycles. The third-order valence-corrected chi connectivity index (χ3v) is 5.32. The van der Waals surface area contributed by atoms with Crippen LogP contribution < -0.4 is 10.1 Å². The highest BCUT2D eigenvalue weighted by Gasteiger charge is 2.30. The van der Waals surface area contributed by atoms with Gasteiger partial charge in [-0.2, -0.15) is 0 Å². The number of allylic oxidation sites excluding steroid dienone is 3. The molecule has 0 fully saturated rings. The Morgan fingerprint density at radius 1 is 1.00 bits per heavy atom. The van der Waals surface area contributed by atoms with Gasteiger partial charge >= 0.3 is 6.16 Å². The molecule has 0 spiro atoms. The minimum atomic E-state index is -0.898. The van der Waals surface area contributed by atoms with E-state index in [4.69, 9.17) is 4.74 Å². The van der Waals surface area contributed by atoms with E-state index < -0.39 is 34.6 Å². The van der Waals surface area contributed by atoms with Crippen molar-refractivity contribution in [1.29, 1.82) is 0 Å². The Morgan fingerprint density at radius 3 is 2.12 bits per heavy atom. The van der Waals surface area contributed by atoms with E-state index in [-0.39, 0.29) is 22.4 Å². The lowest BCUT2D eigenvalue weighted by Gasteiger charge is -2.29. The van der Waals surface area contributed by atoms with Gasteiger partial charge < -0.3 is 14.8 Å². The van der Waals surface area contributed by atoms with E-state index in [0.29, 0.717) is 18.5 Å². The maximum atomic E-state index is 12.8. The molecule has 1 N–H and O–H groups in total. The number of hydrogen-bond donors (Lipinski definition) is 1. The number of anilines is 1. The molecule has 0 radical (unpaired) electrons. The Labute approximate surface area is 199 Å². The summed E-state index contributed by atoms with van der Waals surface area (Å²) in [5.74, 6) is -1.03. The number of carbonyl (C=O) groups excluding carboxylic acids is 3. The van der Waals surface area contributed by atoms with E-state index in [2.05, 4.69) is 10.1 Å². The summed E-state index contributed by atoms with van der Waals surface area (Å²) in [5, 5.41) is 14.0. The summed E-state index contributed by atoms with van der Waals surface area (Å²) in [4.78, 5) is 48.0. The van der Waals surface area contributed by atoms with Crippen LogP contribution in [-0.4, -0.2) is 29.9 Å². The van der Waals surface area contributed by atoms with E-state index in [1.54, 1.807) is 6.07 Å². The first-order valence-corrected chi connectivity index (χ1v) is 11.0. The summed E-state index contributed by atoms with van der Waals surface area (Å²) >= 11 is 0. The first-order chi connectivity index (χ1) is 15.6. The van der Waals surface area contributed by atoms with E-state index in [1.807, 2.05) is 47.6 Å². The second-order valence-electron chi connectivity index (χ2n) is 10.1. The average molecular weight is 473 g/mol. The summed E-state index contributed by atoms with van der Waals surface area (Å²) in [6.45, 7) is 11.8. The Morgan fingerprint density at radius 2 is 1.59 bits per heavy atom.